The second-order valence-electron chi connectivity index (χ2n) is 4.29. The lowest BCUT2D eigenvalue weighted by molar-refractivity contribution is 0.536. The molecule has 1 saturated carbocycles. The van der Waals surface area contributed by atoms with E-state index in [1.54, 1.807) is 0 Å². The molecular weight excluding hydrogens is 202 g/mol. The van der Waals surface area contributed by atoms with E-state index in [1.165, 1.54) is 29.9 Å². The van der Waals surface area contributed by atoms with Gasteiger partial charge in [0.1, 0.15) is 0 Å². The molecule has 2 heteroatoms. The number of benzene rings is 1. The minimum Gasteiger partial charge on any atom is -0.316 e. The van der Waals surface area contributed by atoms with Crippen molar-refractivity contribution in [3.63, 3.8) is 0 Å². The Morgan fingerprint density at radius 2 is 2.07 bits per heavy atom. The summed E-state index contributed by atoms with van der Waals surface area (Å²) in [5.41, 5.74) is 0. The second-order valence-corrected chi connectivity index (χ2v) is 5.38. The Morgan fingerprint density at radius 3 is 2.67 bits per heavy atom. The molecule has 0 bridgehead atoms. The van der Waals surface area contributed by atoms with Crippen LogP contribution in [0.25, 0.3) is 0 Å². The van der Waals surface area contributed by atoms with Crippen molar-refractivity contribution in [1.29, 1.82) is 0 Å². The van der Waals surface area contributed by atoms with Crippen LogP contribution in [-0.2, 0) is 0 Å². The molecule has 0 aliphatic heterocycles. The topological polar surface area (TPSA) is 12.0 Å². The van der Waals surface area contributed by atoms with E-state index in [0.29, 0.717) is 6.04 Å². The molecule has 1 aliphatic carbocycles. The van der Waals surface area contributed by atoms with Crippen LogP contribution in [0.5, 0.6) is 0 Å². The molecule has 1 aromatic carbocycles. The summed E-state index contributed by atoms with van der Waals surface area (Å²) in [6.45, 7) is 0. The van der Waals surface area contributed by atoms with Crippen LogP contribution in [-0.4, -0.2) is 18.8 Å². The molecule has 1 fully saturated rings. The Balaban J connectivity index is 1.75. The smallest absolute Gasteiger partial charge is 0.0161 e. The Labute approximate surface area is 96.7 Å². The molecule has 0 saturated heterocycles. The predicted octanol–water partition coefficient (Wildman–Crippen LogP) is 3.17. The molecular formula is C13H19NS. The second kappa shape index (κ2) is 5.57. The lowest BCUT2D eigenvalue weighted by Crippen LogP contribution is -2.28. The fourth-order valence-electron chi connectivity index (χ4n) is 1.74. The minimum absolute atomic E-state index is 0.683. The van der Waals surface area contributed by atoms with Crippen LogP contribution in [0.2, 0.25) is 0 Å². The summed E-state index contributed by atoms with van der Waals surface area (Å²) in [4.78, 5) is 1.38. The summed E-state index contributed by atoms with van der Waals surface area (Å²) >= 11 is 1.96. The van der Waals surface area contributed by atoms with E-state index >= 15 is 0 Å². The maximum absolute atomic E-state index is 3.42. The summed E-state index contributed by atoms with van der Waals surface area (Å²) in [6, 6.07) is 11.4. The normalized spacial score (nSPS) is 17.7. The summed E-state index contributed by atoms with van der Waals surface area (Å²) < 4.78 is 0. The molecule has 15 heavy (non-hydrogen) atoms. The molecule has 1 nitrogen and oxygen atoms in total. The Morgan fingerprint density at radius 1 is 1.33 bits per heavy atom. The van der Waals surface area contributed by atoms with Gasteiger partial charge < -0.3 is 5.32 Å². The standard InChI is InChI=1S/C13H19NS/c1-14-12(9-11-7-8-11)10-15-13-5-3-2-4-6-13/h2-6,11-12,14H,7-10H2,1H3. The monoisotopic (exact) mass is 221 g/mol. The zero-order valence-corrected chi connectivity index (χ0v) is 10.1. The summed E-state index contributed by atoms with van der Waals surface area (Å²) in [6.07, 6.45) is 4.26. The van der Waals surface area contributed by atoms with E-state index in [2.05, 4.69) is 42.7 Å². The van der Waals surface area contributed by atoms with E-state index in [0.717, 1.165) is 5.92 Å². The maximum Gasteiger partial charge on any atom is 0.0161 e. The highest BCUT2D eigenvalue weighted by atomic mass is 32.2. The fraction of sp³-hybridized carbons (Fsp3) is 0.538. The number of nitrogens with one attached hydrogen (secondary N) is 1. The van der Waals surface area contributed by atoms with Gasteiger partial charge in [-0.2, -0.15) is 0 Å². The average molecular weight is 221 g/mol. The third-order valence-corrected chi connectivity index (χ3v) is 4.09. The molecule has 0 radical (unpaired) electrons. The number of rotatable bonds is 6. The molecule has 82 valence electrons. The van der Waals surface area contributed by atoms with Crippen molar-refractivity contribution < 1.29 is 0 Å². The molecule has 0 amide bonds. The number of hydrogen-bond acceptors (Lipinski definition) is 2. The lowest BCUT2D eigenvalue weighted by atomic mass is 10.2. The van der Waals surface area contributed by atoms with Crippen LogP contribution in [0, 0.1) is 5.92 Å². The van der Waals surface area contributed by atoms with E-state index in [9.17, 15) is 0 Å². The third-order valence-electron chi connectivity index (χ3n) is 2.92. The van der Waals surface area contributed by atoms with Gasteiger partial charge in [-0.1, -0.05) is 31.0 Å². The van der Waals surface area contributed by atoms with Crippen LogP contribution < -0.4 is 5.32 Å². The minimum atomic E-state index is 0.683. The summed E-state index contributed by atoms with van der Waals surface area (Å²) in [5, 5.41) is 3.42. The van der Waals surface area contributed by atoms with Gasteiger partial charge in [-0.3, -0.25) is 0 Å². The third kappa shape index (κ3) is 3.88. The molecule has 1 atom stereocenters. The van der Waals surface area contributed by atoms with E-state index in [4.69, 9.17) is 0 Å². The summed E-state index contributed by atoms with van der Waals surface area (Å²) in [7, 11) is 2.08. The Bertz CT molecular complexity index is 282. The highest BCUT2D eigenvalue weighted by molar-refractivity contribution is 7.99. The first kappa shape index (κ1) is 11.0. The van der Waals surface area contributed by atoms with Gasteiger partial charge in [0.05, 0.1) is 0 Å². The Kier molecular flexibility index (Phi) is 4.09. The molecule has 1 unspecified atom stereocenters. The zero-order chi connectivity index (χ0) is 10.5. The van der Waals surface area contributed by atoms with Gasteiger partial charge in [-0.15, -0.1) is 11.8 Å². The van der Waals surface area contributed by atoms with Gasteiger partial charge >= 0.3 is 0 Å². The quantitative estimate of drug-likeness (QED) is 0.741. The van der Waals surface area contributed by atoms with Crippen molar-refractivity contribution in [2.45, 2.75) is 30.2 Å². The first-order valence-corrected chi connectivity index (χ1v) is 6.72. The first-order valence-electron chi connectivity index (χ1n) is 5.73. The van der Waals surface area contributed by atoms with E-state index < -0.39 is 0 Å². The van der Waals surface area contributed by atoms with Gasteiger partial charge in [0.25, 0.3) is 0 Å². The predicted molar refractivity (Wildman–Crippen MR) is 67.4 cm³/mol. The number of thioether (sulfide) groups is 1. The SMILES string of the molecule is CNC(CSc1ccccc1)CC1CC1. The van der Waals surface area contributed by atoms with E-state index in [-0.39, 0.29) is 0 Å². The zero-order valence-electron chi connectivity index (χ0n) is 9.28. The van der Waals surface area contributed by atoms with Crippen molar-refractivity contribution in [3.05, 3.63) is 30.3 Å². The van der Waals surface area contributed by atoms with Gasteiger partial charge in [-0.05, 0) is 31.5 Å². The largest absolute Gasteiger partial charge is 0.316 e. The van der Waals surface area contributed by atoms with Crippen LogP contribution in [0.4, 0.5) is 0 Å². The van der Waals surface area contributed by atoms with Crippen molar-refractivity contribution >= 4 is 11.8 Å². The highest BCUT2D eigenvalue weighted by Crippen LogP contribution is 2.34. The van der Waals surface area contributed by atoms with Gasteiger partial charge in [0.15, 0.2) is 0 Å². The lowest BCUT2D eigenvalue weighted by Gasteiger charge is -2.15. The van der Waals surface area contributed by atoms with Crippen molar-refractivity contribution in [2.24, 2.45) is 5.92 Å². The van der Waals surface area contributed by atoms with E-state index in [1.807, 2.05) is 11.8 Å². The van der Waals surface area contributed by atoms with Crippen LogP contribution in [0.15, 0.2) is 35.2 Å². The molecule has 2 rings (SSSR count). The molecule has 0 heterocycles. The maximum atomic E-state index is 3.42. The molecule has 1 N–H and O–H groups in total. The number of hydrogen-bond donors (Lipinski definition) is 1. The van der Waals surface area contributed by atoms with Crippen molar-refractivity contribution in [3.8, 4) is 0 Å². The summed E-state index contributed by atoms with van der Waals surface area (Å²) in [5.74, 6) is 2.20. The molecule has 0 spiro atoms. The average Bonchev–Trinajstić information content (AvgIpc) is 3.09. The van der Waals surface area contributed by atoms with Crippen LogP contribution in [0.3, 0.4) is 0 Å². The van der Waals surface area contributed by atoms with Crippen molar-refractivity contribution in [1.82, 2.24) is 5.32 Å². The van der Waals surface area contributed by atoms with Crippen LogP contribution >= 0.6 is 11.8 Å². The first-order chi connectivity index (χ1) is 7.38. The van der Waals surface area contributed by atoms with Crippen LogP contribution in [0.1, 0.15) is 19.3 Å². The van der Waals surface area contributed by atoms with Crippen molar-refractivity contribution in [2.75, 3.05) is 12.8 Å². The fourth-order valence-corrected chi connectivity index (χ4v) is 2.78. The van der Waals surface area contributed by atoms with Gasteiger partial charge in [0.2, 0.25) is 0 Å². The Hall–Kier alpha value is -0.470. The highest BCUT2D eigenvalue weighted by Gasteiger charge is 2.24. The molecule has 1 aliphatic rings. The van der Waals surface area contributed by atoms with Gasteiger partial charge in [-0.25, -0.2) is 0 Å². The van der Waals surface area contributed by atoms with Gasteiger partial charge in [0, 0.05) is 16.7 Å². The molecule has 1 aromatic rings. The molecule has 0 aromatic heterocycles.